The predicted octanol–water partition coefficient (Wildman–Crippen LogP) is 2.71. The first kappa shape index (κ1) is 13.5. The van der Waals surface area contributed by atoms with Crippen molar-refractivity contribution < 1.29 is 4.79 Å². The van der Waals surface area contributed by atoms with Gasteiger partial charge in [0.1, 0.15) is 0 Å². The first-order valence-electron chi connectivity index (χ1n) is 7.99. The number of benzene rings is 2. The lowest BCUT2D eigenvalue weighted by atomic mass is 9.97. The molecule has 2 aliphatic rings. The molecule has 112 valence electrons. The second-order valence-electron chi connectivity index (χ2n) is 6.35. The number of aryl methyl sites for hydroxylation is 2. The van der Waals surface area contributed by atoms with E-state index in [-0.39, 0.29) is 11.9 Å². The summed E-state index contributed by atoms with van der Waals surface area (Å²) in [5.74, 6) is 0.0669. The third-order valence-electron chi connectivity index (χ3n) is 4.77. The summed E-state index contributed by atoms with van der Waals surface area (Å²) in [6.45, 7) is 0.590. The lowest BCUT2D eigenvalue weighted by molar-refractivity contribution is 0.0983. The van der Waals surface area contributed by atoms with Gasteiger partial charge in [0.05, 0.1) is 0 Å². The number of fused-ring (bicyclic) bond motifs is 2. The Labute approximate surface area is 130 Å². The predicted molar refractivity (Wildman–Crippen MR) is 88.3 cm³/mol. The molecule has 2 aromatic carbocycles. The Balaban J connectivity index is 1.71. The van der Waals surface area contributed by atoms with Crippen LogP contribution in [-0.4, -0.2) is 18.5 Å². The van der Waals surface area contributed by atoms with Crippen LogP contribution in [0, 0.1) is 0 Å². The van der Waals surface area contributed by atoms with E-state index in [1.165, 1.54) is 17.5 Å². The van der Waals surface area contributed by atoms with Crippen LogP contribution in [-0.2, 0) is 19.3 Å². The molecule has 0 bridgehead atoms. The summed E-state index contributed by atoms with van der Waals surface area (Å²) in [6, 6.07) is 14.2. The summed E-state index contributed by atoms with van der Waals surface area (Å²) < 4.78 is 0. The van der Waals surface area contributed by atoms with Crippen molar-refractivity contribution in [2.45, 2.75) is 31.7 Å². The maximum atomic E-state index is 13.0. The molecule has 0 radical (unpaired) electrons. The number of carbonyl (C=O) groups is 1. The number of rotatable bonds is 1. The van der Waals surface area contributed by atoms with Crippen molar-refractivity contribution in [2.24, 2.45) is 5.73 Å². The standard InChI is InChI=1S/C19H20N2O/c20-17-11-15-4-1-2-7-18(15)21(12-17)19(22)16-9-8-13-5-3-6-14(13)10-16/h1-2,4,7-10,17H,3,5-6,11-12,20H2. The third-order valence-corrected chi connectivity index (χ3v) is 4.77. The topological polar surface area (TPSA) is 46.3 Å². The van der Waals surface area contributed by atoms with Crippen molar-refractivity contribution in [3.8, 4) is 0 Å². The molecule has 1 aliphatic heterocycles. The van der Waals surface area contributed by atoms with Crippen LogP contribution in [0.5, 0.6) is 0 Å². The van der Waals surface area contributed by atoms with Gasteiger partial charge in [-0.2, -0.15) is 0 Å². The quantitative estimate of drug-likeness (QED) is 0.878. The molecule has 1 aliphatic carbocycles. The first-order valence-corrected chi connectivity index (χ1v) is 7.99. The number of nitrogens with two attached hydrogens (primary N) is 1. The fourth-order valence-corrected chi connectivity index (χ4v) is 3.68. The van der Waals surface area contributed by atoms with Crippen LogP contribution in [0.25, 0.3) is 0 Å². The lowest BCUT2D eigenvalue weighted by Crippen LogP contribution is -2.46. The van der Waals surface area contributed by atoms with Gasteiger partial charge in [0, 0.05) is 23.8 Å². The van der Waals surface area contributed by atoms with Gasteiger partial charge in [-0.1, -0.05) is 24.3 Å². The maximum Gasteiger partial charge on any atom is 0.258 e. The zero-order chi connectivity index (χ0) is 15.1. The van der Waals surface area contributed by atoms with E-state index in [9.17, 15) is 4.79 Å². The summed E-state index contributed by atoms with van der Waals surface area (Å²) in [5.41, 5.74) is 11.8. The SMILES string of the molecule is NC1Cc2ccccc2N(C(=O)c2ccc3c(c2)CCC3)C1. The van der Waals surface area contributed by atoms with Crippen molar-refractivity contribution in [1.29, 1.82) is 0 Å². The average molecular weight is 292 g/mol. The van der Waals surface area contributed by atoms with Crippen LogP contribution in [0.15, 0.2) is 42.5 Å². The minimum atomic E-state index is 0.00766. The Morgan fingerprint density at radius 2 is 1.86 bits per heavy atom. The van der Waals surface area contributed by atoms with E-state index in [0.29, 0.717) is 6.54 Å². The number of para-hydroxylation sites is 1. The van der Waals surface area contributed by atoms with E-state index >= 15 is 0 Å². The number of nitrogens with zero attached hydrogens (tertiary/aromatic N) is 1. The van der Waals surface area contributed by atoms with Crippen LogP contribution in [0.2, 0.25) is 0 Å². The highest BCUT2D eigenvalue weighted by Crippen LogP contribution is 2.29. The van der Waals surface area contributed by atoms with Crippen LogP contribution in [0.1, 0.15) is 33.5 Å². The largest absolute Gasteiger partial charge is 0.326 e. The number of hydrogen-bond acceptors (Lipinski definition) is 2. The molecule has 2 aromatic rings. The highest BCUT2D eigenvalue weighted by atomic mass is 16.2. The molecule has 3 heteroatoms. The van der Waals surface area contributed by atoms with Crippen molar-refractivity contribution in [3.05, 3.63) is 64.7 Å². The summed E-state index contributed by atoms with van der Waals surface area (Å²) >= 11 is 0. The normalized spacial score (nSPS) is 19.7. The molecule has 0 spiro atoms. The van der Waals surface area contributed by atoms with Gasteiger partial charge in [-0.15, -0.1) is 0 Å². The summed E-state index contributed by atoms with van der Waals surface area (Å²) in [5, 5.41) is 0. The number of anilines is 1. The minimum Gasteiger partial charge on any atom is -0.326 e. The molecule has 1 unspecified atom stereocenters. The lowest BCUT2D eigenvalue weighted by Gasteiger charge is -2.33. The molecule has 1 amide bonds. The van der Waals surface area contributed by atoms with E-state index in [2.05, 4.69) is 18.2 Å². The molecular formula is C19H20N2O. The van der Waals surface area contributed by atoms with Crippen LogP contribution in [0.4, 0.5) is 5.69 Å². The van der Waals surface area contributed by atoms with Gasteiger partial charge in [-0.25, -0.2) is 0 Å². The minimum absolute atomic E-state index is 0.00766. The molecule has 0 saturated carbocycles. The second kappa shape index (κ2) is 5.25. The Kier molecular flexibility index (Phi) is 3.23. The van der Waals surface area contributed by atoms with E-state index in [0.717, 1.165) is 36.1 Å². The van der Waals surface area contributed by atoms with E-state index in [1.54, 1.807) is 0 Å². The fourth-order valence-electron chi connectivity index (χ4n) is 3.68. The third kappa shape index (κ3) is 2.22. The Morgan fingerprint density at radius 1 is 1.05 bits per heavy atom. The van der Waals surface area contributed by atoms with Crippen LogP contribution < -0.4 is 10.6 Å². The number of amides is 1. The molecule has 22 heavy (non-hydrogen) atoms. The van der Waals surface area contributed by atoms with E-state index < -0.39 is 0 Å². The van der Waals surface area contributed by atoms with Crippen LogP contribution in [0.3, 0.4) is 0 Å². The Morgan fingerprint density at radius 3 is 2.77 bits per heavy atom. The van der Waals surface area contributed by atoms with E-state index in [4.69, 9.17) is 5.73 Å². The summed E-state index contributed by atoms with van der Waals surface area (Å²) in [6.07, 6.45) is 4.27. The molecule has 0 aromatic heterocycles. The summed E-state index contributed by atoms with van der Waals surface area (Å²) in [7, 11) is 0. The highest BCUT2D eigenvalue weighted by molar-refractivity contribution is 6.07. The molecular weight excluding hydrogens is 272 g/mol. The summed E-state index contributed by atoms with van der Waals surface area (Å²) in [4.78, 5) is 14.8. The molecule has 2 N–H and O–H groups in total. The Bertz CT molecular complexity index is 738. The van der Waals surface area contributed by atoms with E-state index in [1.807, 2.05) is 29.2 Å². The van der Waals surface area contributed by atoms with Crippen molar-refractivity contribution in [3.63, 3.8) is 0 Å². The van der Waals surface area contributed by atoms with Gasteiger partial charge in [0.15, 0.2) is 0 Å². The smallest absolute Gasteiger partial charge is 0.258 e. The Hall–Kier alpha value is -2.13. The van der Waals surface area contributed by atoms with Crippen LogP contribution >= 0.6 is 0 Å². The maximum absolute atomic E-state index is 13.0. The number of carbonyl (C=O) groups excluding carboxylic acids is 1. The molecule has 0 fully saturated rings. The van der Waals surface area contributed by atoms with Crippen molar-refractivity contribution in [1.82, 2.24) is 0 Å². The molecule has 3 nitrogen and oxygen atoms in total. The van der Waals surface area contributed by atoms with Gasteiger partial charge in [-0.05, 0) is 60.6 Å². The van der Waals surface area contributed by atoms with Gasteiger partial charge >= 0.3 is 0 Å². The van der Waals surface area contributed by atoms with Gasteiger partial charge in [-0.3, -0.25) is 4.79 Å². The average Bonchev–Trinajstić information content (AvgIpc) is 3.00. The molecule has 4 rings (SSSR count). The molecule has 1 heterocycles. The highest BCUT2D eigenvalue weighted by Gasteiger charge is 2.27. The molecule has 0 saturated heterocycles. The van der Waals surface area contributed by atoms with Crippen molar-refractivity contribution >= 4 is 11.6 Å². The second-order valence-corrected chi connectivity index (χ2v) is 6.35. The van der Waals surface area contributed by atoms with Gasteiger partial charge in [0.25, 0.3) is 5.91 Å². The monoisotopic (exact) mass is 292 g/mol. The number of hydrogen-bond donors (Lipinski definition) is 1. The molecule has 1 atom stereocenters. The zero-order valence-electron chi connectivity index (χ0n) is 12.6. The zero-order valence-corrected chi connectivity index (χ0v) is 12.6. The first-order chi connectivity index (χ1) is 10.7. The van der Waals surface area contributed by atoms with Crippen molar-refractivity contribution in [2.75, 3.05) is 11.4 Å². The van der Waals surface area contributed by atoms with Gasteiger partial charge in [0.2, 0.25) is 0 Å². The fraction of sp³-hybridized carbons (Fsp3) is 0.316. The van der Waals surface area contributed by atoms with Gasteiger partial charge < -0.3 is 10.6 Å².